The van der Waals surface area contributed by atoms with Crippen molar-refractivity contribution in [2.24, 2.45) is 11.3 Å². The maximum absolute atomic E-state index is 11.7. The lowest BCUT2D eigenvalue weighted by atomic mass is 9.77. The number of carboxylic acids is 1. The van der Waals surface area contributed by atoms with Gasteiger partial charge in [-0.3, -0.25) is 9.59 Å². The van der Waals surface area contributed by atoms with Crippen LogP contribution in [0.2, 0.25) is 0 Å². The van der Waals surface area contributed by atoms with Gasteiger partial charge in [0.05, 0.1) is 13.2 Å². The van der Waals surface area contributed by atoms with Gasteiger partial charge in [0, 0.05) is 19.3 Å². The van der Waals surface area contributed by atoms with Crippen LogP contribution in [0.1, 0.15) is 40.0 Å². The maximum atomic E-state index is 11.7. The molecule has 20 heavy (non-hydrogen) atoms. The van der Waals surface area contributed by atoms with Crippen LogP contribution in [0.5, 0.6) is 0 Å². The number of terminal acetylenes is 1. The van der Waals surface area contributed by atoms with Crippen LogP contribution < -0.4 is 0 Å². The topological polar surface area (TPSA) is 72.8 Å². The predicted molar refractivity (Wildman–Crippen MR) is 75.0 cm³/mol. The lowest BCUT2D eigenvalue weighted by molar-refractivity contribution is -0.148. The van der Waals surface area contributed by atoms with E-state index in [2.05, 4.69) is 5.92 Å². The van der Waals surface area contributed by atoms with Crippen molar-refractivity contribution >= 4 is 11.9 Å². The normalized spacial score (nSPS) is 12.5. The molecule has 0 aliphatic rings. The van der Waals surface area contributed by atoms with Gasteiger partial charge in [-0.2, -0.15) is 0 Å². The highest BCUT2D eigenvalue weighted by molar-refractivity contribution is 5.72. The molecule has 0 saturated carbocycles. The summed E-state index contributed by atoms with van der Waals surface area (Å²) in [7, 11) is 0. The molecular weight excluding hydrogens is 260 g/mol. The summed E-state index contributed by atoms with van der Waals surface area (Å²) in [5.74, 6) is 0.882. The minimum absolute atomic E-state index is 0.0444. The summed E-state index contributed by atoms with van der Waals surface area (Å²) in [6.07, 6.45) is 5.64. The molecule has 5 heteroatoms. The highest BCUT2D eigenvalue weighted by atomic mass is 16.6. The standard InChI is InChI=1S/C15H24O5/c1-5-6-7-19-8-9-20-14(18)11-12(10-13(16)17)15(2,3)4/h1,12H,6-11H2,2-4H3,(H,16,17). The zero-order chi connectivity index (χ0) is 15.6. The van der Waals surface area contributed by atoms with Crippen molar-refractivity contribution in [2.45, 2.75) is 40.0 Å². The van der Waals surface area contributed by atoms with Crippen LogP contribution in [-0.2, 0) is 19.1 Å². The highest BCUT2D eigenvalue weighted by Gasteiger charge is 2.29. The van der Waals surface area contributed by atoms with Crippen LogP contribution in [-0.4, -0.2) is 36.9 Å². The van der Waals surface area contributed by atoms with E-state index in [9.17, 15) is 9.59 Å². The number of esters is 1. The Kier molecular flexibility index (Phi) is 8.66. The van der Waals surface area contributed by atoms with Crippen molar-refractivity contribution in [1.82, 2.24) is 0 Å². The lowest BCUT2D eigenvalue weighted by Crippen LogP contribution is -2.27. The summed E-state index contributed by atoms with van der Waals surface area (Å²) in [5, 5.41) is 8.87. The van der Waals surface area contributed by atoms with Crippen molar-refractivity contribution in [2.75, 3.05) is 19.8 Å². The van der Waals surface area contributed by atoms with Crippen LogP contribution in [0.3, 0.4) is 0 Å². The molecule has 0 amide bonds. The van der Waals surface area contributed by atoms with Crippen LogP contribution in [0.15, 0.2) is 0 Å². The summed E-state index contributed by atoms with van der Waals surface area (Å²) in [6, 6.07) is 0. The fourth-order valence-corrected chi connectivity index (χ4v) is 1.60. The van der Waals surface area contributed by atoms with Crippen LogP contribution in [0.4, 0.5) is 0 Å². The quantitative estimate of drug-likeness (QED) is 0.399. The molecule has 0 fully saturated rings. The largest absolute Gasteiger partial charge is 0.481 e. The molecule has 0 rings (SSSR count). The molecule has 0 aromatic rings. The van der Waals surface area contributed by atoms with Gasteiger partial charge in [-0.15, -0.1) is 12.3 Å². The summed E-state index contributed by atoms with van der Waals surface area (Å²) in [5.41, 5.74) is -0.263. The average Bonchev–Trinajstić information content (AvgIpc) is 2.31. The van der Waals surface area contributed by atoms with Gasteiger partial charge in [0.25, 0.3) is 0 Å². The molecule has 0 radical (unpaired) electrons. The first-order valence-electron chi connectivity index (χ1n) is 6.66. The van der Waals surface area contributed by atoms with Crippen molar-refractivity contribution < 1.29 is 24.2 Å². The molecule has 0 aliphatic heterocycles. The Hall–Kier alpha value is -1.54. The molecule has 0 aliphatic carbocycles. The Morgan fingerprint density at radius 1 is 1.20 bits per heavy atom. The SMILES string of the molecule is C#CCCOCCOC(=O)CC(CC(=O)O)C(C)(C)C. The van der Waals surface area contributed by atoms with Crippen LogP contribution >= 0.6 is 0 Å². The van der Waals surface area contributed by atoms with E-state index in [1.165, 1.54) is 0 Å². The molecule has 114 valence electrons. The highest BCUT2D eigenvalue weighted by Crippen LogP contribution is 2.31. The molecule has 1 atom stereocenters. The van der Waals surface area contributed by atoms with Crippen LogP contribution in [0, 0.1) is 23.7 Å². The van der Waals surface area contributed by atoms with Gasteiger partial charge in [-0.05, 0) is 11.3 Å². The van der Waals surface area contributed by atoms with E-state index in [0.717, 1.165) is 0 Å². The number of hydrogen-bond acceptors (Lipinski definition) is 4. The average molecular weight is 284 g/mol. The molecule has 0 bridgehead atoms. The number of carboxylic acid groups (broad SMARTS) is 1. The molecule has 5 nitrogen and oxygen atoms in total. The monoisotopic (exact) mass is 284 g/mol. The van der Waals surface area contributed by atoms with E-state index in [-0.39, 0.29) is 30.8 Å². The van der Waals surface area contributed by atoms with Gasteiger partial charge in [0.1, 0.15) is 6.61 Å². The minimum Gasteiger partial charge on any atom is -0.481 e. The Balaban J connectivity index is 4.02. The van der Waals surface area contributed by atoms with Crippen molar-refractivity contribution in [3.8, 4) is 12.3 Å². The lowest BCUT2D eigenvalue weighted by Gasteiger charge is -2.28. The van der Waals surface area contributed by atoms with Gasteiger partial charge >= 0.3 is 11.9 Å². The second kappa shape index (κ2) is 9.38. The number of rotatable bonds is 9. The molecule has 0 aromatic heterocycles. The van der Waals surface area contributed by atoms with Gasteiger partial charge in [0.2, 0.25) is 0 Å². The van der Waals surface area contributed by atoms with E-state index < -0.39 is 11.9 Å². The molecule has 0 heterocycles. The molecular formula is C15H24O5. The summed E-state index contributed by atoms with van der Waals surface area (Å²) >= 11 is 0. The van der Waals surface area contributed by atoms with Crippen molar-refractivity contribution in [3.63, 3.8) is 0 Å². The Morgan fingerprint density at radius 2 is 1.85 bits per heavy atom. The third-order valence-corrected chi connectivity index (χ3v) is 2.94. The fourth-order valence-electron chi connectivity index (χ4n) is 1.60. The van der Waals surface area contributed by atoms with Gasteiger partial charge in [-0.1, -0.05) is 20.8 Å². The molecule has 1 N–H and O–H groups in total. The van der Waals surface area contributed by atoms with E-state index in [1.54, 1.807) is 0 Å². The summed E-state index contributed by atoms with van der Waals surface area (Å²) < 4.78 is 10.2. The Bertz CT molecular complexity index is 348. The van der Waals surface area contributed by atoms with Gasteiger partial charge in [0.15, 0.2) is 0 Å². The third kappa shape index (κ3) is 9.40. The number of carbonyl (C=O) groups is 2. The first-order valence-corrected chi connectivity index (χ1v) is 6.66. The number of carbonyl (C=O) groups excluding carboxylic acids is 1. The van der Waals surface area contributed by atoms with E-state index in [4.69, 9.17) is 21.0 Å². The van der Waals surface area contributed by atoms with E-state index >= 15 is 0 Å². The second-order valence-corrected chi connectivity index (χ2v) is 5.65. The van der Waals surface area contributed by atoms with Crippen LogP contribution in [0.25, 0.3) is 0 Å². The fraction of sp³-hybridized carbons (Fsp3) is 0.733. The summed E-state index contributed by atoms with van der Waals surface area (Å²) in [4.78, 5) is 22.5. The first-order chi connectivity index (χ1) is 9.27. The second-order valence-electron chi connectivity index (χ2n) is 5.65. The molecule has 1 unspecified atom stereocenters. The third-order valence-electron chi connectivity index (χ3n) is 2.94. The molecule has 0 aromatic carbocycles. The van der Waals surface area contributed by atoms with E-state index in [1.807, 2.05) is 20.8 Å². The maximum Gasteiger partial charge on any atom is 0.306 e. The van der Waals surface area contributed by atoms with Crippen molar-refractivity contribution in [3.05, 3.63) is 0 Å². The predicted octanol–water partition coefficient (Wildman–Crippen LogP) is 2.10. The van der Waals surface area contributed by atoms with Crippen molar-refractivity contribution in [1.29, 1.82) is 0 Å². The smallest absolute Gasteiger partial charge is 0.306 e. The first kappa shape index (κ1) is 18.5. The zero-order valence-electron chi connectivity index (χ0n) is 12.5. The Labute approximate surface area is 120 Å². The number of hydrogen-bond donors (Lipinski definition) is 1. The van der Waals surface area contributed by atoms with Gasteiger partial charge < -0.3 is 14.6 Å². The number of aliphatic carboxylic acids is 1. The molecule has 0 saturated heterocycles. The molecule has 0 spiro atoms. The minimum atomic E-state index is -0.907. The zero-order valence-corrected chi connectivity index (χ0v) is 12.5. The van der Waals surface area contributed by atoms with E-state index in [0.29, 0.717) is 19.6 Å². The summed E-state index contributed by atoms with van der Waals surface area (Å²) in [6.45, 7) is 6.64. The number of ether oxygens (including phenoxy) is 2. The Morgan fingerprint density at radius 3 is 2.35 bits per heavy atom. The van der Waals surface area contributed by atoms with Gasteiger partial charge in [-0.25, -0.2) is 0 Å².